The Morgan fingerprint density at radius 2 is 2.11 bits per heavy atom. The minimum absolute atomic E-state index is 0.0396. The van der Waals surface area contributed by atoms with Gasteiger partial charge in [-0.15, -0.1) is 0 Å². The lowest BCUT2D eigenvalue weighted by molar-refractivity contribution is -0.139. The van der Waals surface area contributed by atoms with E-state index >= 15 is 0 Å². The van der Waals surface area contributed by atoms with E-state index in [4.69, 9.17) is 10.2 Å². The van der Waals surface area contributed by atoms with Crippen LogP contribution in [-0.4, -0.2) is 34.9 Å². The van der Waals surface area contributed by atoms with E-state index in [0.29, 0.717) is 5.69 Å². The predicted octanol–water partition coefficient (Wildman–Crippen LogP) is 1.71. The second-order valence-corrected chi connectivity index (χ2v) is 4.88. The standard InChI is InChI=1S/C12H15BrN2O4/c1-7-6-8(13)2-3-9(7)14-12(19)15-10(4-5-16)11(17)18/h2-3,6,10,16H,4-5H2,1H3,(H,17,18)(H2,14,15,19)/t10-/m1/s1. The molecule has 0 aliphatic heterocycles. The number of carboxylic acids is 1. The van der Waals surface area contributed by atoms with Gasteiger partial charge in [-0.3, -0.25) is 0 Å². The lowest BCUT2D eigenvalue weighted by Gasteiger charge is -2.15. The Bertz CT molecular complexity index is 479. The summed E-state index contributed by atoms with van der Waals surface area (Å²) in [7, 11) is 0. The maximum atomic E-state index is 11.7. The lowest BCUT2D eigenvalue weighted by atomic mass is 10.2. The quantitative estimate of drug-likeness (QED) is 0.660. The zero-order chi connectivity index (χ0) is 14.4. The minimum atomic E-state index is -1.18. The first-order chi connectivity index (χ1) is 8.93. The molecule has 0 heterocycles. The van der Waals surface area contributed by atoms with E-state index < -0.39 is 18.0 Å². The number of carbonyl (C=O) groups is 2. The first-order valence-corrected chi connectivity index (χ1v) is 6.40. The van der Waals surface area contributed by atoms with E-state index in [0.717, 1.165) is 10.0 Å². The van der Waals surface area contributed by atoms with Crippen molar-refractivity contribution in [1.82, 2.24) is 5.32 Å². The number of rotatable bonds is 5. The Morgan fingerprint density at radius 3 is 2.63 bits per heavy atom. The number of hydrogen-bond donors (Lipinski definition) is 4. The number of aliphatic hydroxyl groups excluding tert-OH is 1. The predicted molar refractivity (Wildman–Crippen MR) is 74.2 cm³/mol. The SMILES string of the molecule is Cc1cc(Br)ccc1NC(=O)N[C@H](CCO)C(=O)O. The van der Waals surface area contributed by atoms with Crippen LogP contribution in [0, 0.1) is 6.92 Å². The first-order valence-electron chi connectivity index (χ1n) is 5.61. The highest BCUT2D eigenvalue weighted by atomic mass is 79.9. The van der Waals surface area contributed by atoms with Gasteiger partial charge in [-0.05, 0) is 30.7 Å². The number of aryl methyl sites for hydroxylation is 1. The summed E-state index contributed by atoms with van der Waals surface area (Å²) in [5, 5.41) is 22.4. The number of nitrogens with one attached hydrogen (secondary N) is 2. The topological polar surface area (TPSA) is 98.7 Å². The van der Waals surface area contributed by atoms with E-state index in [1.165, 1.54) is 0 Å². The van der Waals surface area contributed by atoms with Crippen molar-refractivity contribution in [2.75, 3.05) is 11.9 Å². The van der Waals surface area contributed by atoms with Gasteiger partial charge in [-0.1, -0.05) is 15.9 Å². The average molecular weight is 331 g/mol. The summed E-state index contributed by atoms with van der Waals surface area (Å²) in [4.78, 5) is 22.5. The summed E-state index contributed by atoms with van der Waals surface area (Å²) < 4.78 is 0.889. The number of aliphatic carboxylic acids is 1. The zero-order valence-corrected chi connectivity index (χ0v) is 11.9. The van der Waals surface area contributed by atoms with Crippen molar-refractivity contribution < 1.29 is 19.8 Å². The van der Waals surface area contributed by atoms with Crippen molar-refractivity contribution in [2.45, 2.75) is 19.4 Å². The molecule has 0 radical (unpaired) electrons. The molecule has 0 aliphatic rings. The third kappa shape index (κ3) is 4.88. The van der Waals surface area contributed by atoms with Gasteiger partial charge in [0.15, 0.2) is 0 Å². The van der Waals surface area contributed by atoms with E-state index in [2.05, 4.69) is 26.6 Å². The van der Waals surface area contributed by atoms with Crippen LogP contribution < -0.4 is 10.6 Å². The lowest BCUT2D eigenvalue weighted by Crippen LogP contribution is -2.43. The summed E-state index contributed by atoms with van der Waals surface area (Å²) in [5.74, 6) is -1.18. The second kappa shape index (κ2) is 7.10. The molecule has 1 atom stereocenters. The van der Waals surface area contributed by atoms with Crippen LogP contribution in [0.1, 0.15) is 12.0 Å². The van der Waals surface area contributed by atoms with Gasteiger partial charge in [0.25, 0.3) is 0 Å². The van der Waals surface area contributed by atoms with Crippen LogP contribution in [0.25, 0.3) is 0 Å². The molecule has 104 valence electrons. The highest BCUT2D eigenvalue weighted by Gasteiger charge is 2.19. The number of aliphatic hydroxyl groups is 1. The molecule has 4 N–H and O–H groups in total. The molecule has 0 aromatic heterocycles. The van der Waals surface area contributed by atoms with Crippen LogP contribution >= 0.6 is 15.9 Å². The van der Waals surface area contributed by atoms with Crippen LogP contribution in [0.3, 0.4) is 0 Å². The second-order valence-electron chi connectivity index (χ2n) is 3.96. The molecule has 0 spiro atoms. The smallest absolute Gasteiger partial charge is 0.326 e. The van der Waals surface area contributed by atoms with Gasteiger partial charge < -0.3 is 20.8 Å². The van der Waals surface area contributed by atoms with Crippen molar-refractivity contribution in [3.8, 4) is 0 Å². The summed E-state index contributed by atoms with van der Waals surface area (Å²) in [6, 6.07) is 3.58. The molecule has 19 heavy (non-hydrogen) atoms. The Labute approximate surface area is 118 Å². The van der Waals surface area contributed by atoms with Crippen molar-refractivity contribution in [2.24, 2.45) is 0 Å². The fourth-order valence-electron chi connectivity index (χ4n) is 1.47. The Kier molecular flexibility index (Phi) is 5.78. The summed E-state index contributed by atoms with van der Waals surface area (Å²) >= 11 is 3.31. The molecule has 0 saturated carbocycles. The first kappa shape index (κ1) is 15.5. The normalized spacial score (nSPS) is 11.7. The van der Waals surface area contributed by atoms with E-state index in [-0.39, 0.29) is 13.0 Å². The van der Waals surface area contributed by atoms with Gasteiger partial charge in [0.2, 0.25) is 0 Å². The number of halogens is 1. The Morgan fingerprint density at radius 1 is 1.42 bits per heavy atom. The van der Waals surface area contributed by atoms with Gasteiger partial charge in [0.05, 0.1) is 0 Å². The number of hydrogen-bond acceptors (Lipinski definition) is 3. The molecule has 0 saturated heterocycles. The van der Waals surface area contributed by atoms with E-state index in [1.807, 2.05) is 13.0 Å². The maximum Gasteiger partial charge on any atom is 0.326 e. The van der Waals surface area contributed by atoms with Crippen molar-refractivity contribution in [1.29, 1.82) is 0 Å². The molecule has 7 heteroatoms. The molecule has 0 aliphatic carbocycles. The Balaban J connectivity index is 2.66. The number of carbonyl (C=O) groups excluding carboxylic acids is 1. The minimum Gasteiger partial charge on any atom is -0.480 e. The number of carboxylic acid groups (broad SMARTS) is 1. The number of amides is 2. The Hall–Kier alpha value is -1.60. The molecule has 6 nitrogen and oxygen atoms in total. The van der Waals surface area contributed by atoms with Crippen molar-refractivity contribution >= 4 is 33.6 Å². The average Bonchev–Trinajstić information content (AvgIpc) is 2.32. The monoisotopic (exact) mass is 330 g/mol. The van der Waals surface area contributed by atoms with Crippen LogP contribution in [0.5, 0.6) is 0 Å². The number of anilines is 1. The van der Waals surface area contributed by atoms with Gasteiger partial charge in [-0.2, -0.15) is 0 Å². The van der Waals surface area contributed by atoms with Crippen LogP contribution in [-0.2, 0) is 4.79 Å². The number of urea groups is 1. The van der Waals surface area contributed by atoms with Crippen molar-refractivity contribution in [3.63, 3.8) is 0 Å². The zero-order valence-electron chi connectivity index (χ0n) is 10.3. The molecule has 0 bridgehead atoms. The largest absolute Gasteiger partial charge is 0.480 e. The maximum absolute atomic E-state index is 11.7. The summed E-state index contributed by atoms with van der Waals surface area (Å²) in [5.41, 5.74) is 1.44. The van der Waals surface area contributed by atoms with Crippen LogP contribution in [0.2, 0.25) is 0 Å². The van der Waals surface area contributed by atoms with E-state index in [9.17, 15) is 9.59 Å². The molecular weight excluding hydrogens is 316 g/mol. The third-order valence-corrected chi connectivity index (χ3v) is 2.95. The highest BCUT2D eigenvalue weighted by Crippen LogP contribution is 2.19. The number of benzene rings is 1. The van der Waals surface area contributed by atoms with Gasteiger partial charge in [0.1, 0.15) is 6.04 Å². The summed E-state index contributed by atoms with van der Waals surface area (Å²) in [6.45, 7) is 1.51. The highest BCUT2D eigenvalue weighted by molar-refractivity contribution is 9.10. The molecule has 0 fully saturated rings. The van der Waals surface area contributed by atoms with Crippen molar-refractivity contribution in [3.05, 3.63) is 28.2 Å². The molecular formula is C12H15BrN2O4. The van der Waals surface area contributed by atoms with Gasteiger partial charge in [0, 0.05) is 23.2 Å². The summed E-state index contributed by atoms with van der Waals surface area (Å²) in [6.07, 6.45) is -0.0396. The molecule has 1 aromatic carbocycles. The molecule has 1 rings (SSSR count). The van der Waals surface area contributed by atoms with E-state index in [1.54, 1.807) is 12.1 Å². The third-order valence-electron chi connectivity index (χ3n) is 2.46. The molecule has 0 unspecified atom stereocenters. The van der Waals surface area contributed by atoms with Gasteiger partial charge >= 0.3 is 12.0 Å². The van der Waals surface area contributed by atoms with Crippen LogP contribution in [0.15, 0.2) is 22.7 Å². The molecule has 1 aromatic rings. The van der Waals surface area contributed by atoms with Gasteiger partial charge in [-0.25, -0.2) is 9.59 Å². The molecule has 2 amide bonds. The fourth-order valence-corrected chi connectivity index (χ4v) is 1.95. The van der Waals surface area contributed by atoms with Crippen LogP contribution in [0.4, 0.5) is 10.5 Å². The fraction of sp³-hybridized carbons (Fsp3) is 0.333.